The van der Waals surface area contributed by atoms with Gasteiger partial charge in [-0.3, -0.25) is 0 Å². The quantitative estimate of drug-likeness (QED) is 0.460. The maximum atomic E-state index is 13.3. The second kappa shape index (κ2) is 5.05. The van der Waals surface area contributed by atoms with Gasteiger partial charge in [-0.25, -0.2) is 9.18 Å². The van der Waals surface area contributed by atoms with E-state index in [1.807, 2.05) is 20.8 Å². The molecule has 0 saturated heterocycles. The van der Waals surface area contributed by atoms with Crippen LogP contribution < -0.4 is 4.43 Å². The van der Waals surface area contributed by atoms with Crippen molar-refractivity contribution in [2.75, 3.05) is 0 Å². The van der Waals surface area contributed by atoms with E-state index in [1.54, 1.807) is 6.07 Å². The van der Waals surface area contributed by atoms with Gasteiger partial charge in [0.1, 0.15) is 11.4 Å². The SMILES string of the molecule is CC(C)(C)[Si]Oc1ccc(N=C=O)c(F)c1. The summed E-state index contributed by atoms with van der Waals surface area (Å²) < 4.78 is 18.7. The van der Waals surface area contributed by atoms with Crippen molar-refractivity contribution in [3.8, 4) is 5.75 Å². The number of isocyanates is 1. The molecule has 0 atom stereocenters. The molecule has 0 unspecified atom stereocenters. The molecule has 0 amide bonds. The van der Waals surface area contributed by atoms with Crippen LogP contribution in [0.2, 0.25) is 5.04 Å². The van der Waals surface area contributed by atoms with E-state index < -0.39 is 5.82 Å². The van der Waals surface area contributed by atoms with E-state index in [0.717, 1.165) is 0 Å². The van der Waals surface area contributed by atoms with Gasteiger partial charge in [-0.2, -0.15) is 4.99 Å². The van der Waals surface area contributed by atoms with Crippen LogP contribution in [-0.4, -0.2) is 15.8 Å². The first-order chi connectivity index (χ1) is 7.42. The third-order valence-corrected chi connectivity index (χ3v) is 2.51. The first-order valence-electron chi connectivity index (χ1n) is 4.74. The fourth-order valence-electron chi connectivity index (χ4n) is 0.903. The smallest absolute Gasteiger partial charge is 0.316 e. The number of aliphatic imine (C=N–C) groups is 1. The number of carbonyl (C=O) groups excluding carboxylic acids is 1. The summed E-state index contributed by atoms with van der Waals surface area (Å²) in [7, 11) is 0.238. The fraction of sp³-hybridized carbons (Fsp3) is 0.364. The number of rotatable bonds is 3. The number of nitrogens with zero attached hydrogens (tertiary/aromatic N) is 1. The summed E-state index contributed by atoms with van der Waals surface area (Å²) in [6.45, 7) is 6.10. The van der Waals surface area contributed by atoms with Crippen LogP contribution in [0.4, 0.5) is 10.1 Å². The lowest BCUT2D eigenvalue weighted by Gasteiger charge is -2.16. The van der Waals surface area contributed by atoms with Crippen LogP contribution in [0, 0.1) is 5.82 Å². The van der Waals surface area contributed by atoms with Gasteiger partial charge in [-0.15, -0.1) is 0 Å². The molecule has 0 aliphatic rings. The van der Waals surface area contributed by atoms with Crippen LogP contribution in [0.15, 0.2) is 23.2 Å². The highest BCUT2D eigenvalue weighted by Gasteiger charge is 2.15. The lowest BCUT2D eigenvalue weighted by molar-refractivity contribution is 0.535. The zero-order valence-corrected chi connectivity index (χ0v) is 10.4. The summed E-state index contributed by atoms with van der Waals surface area (Å²) >= 11 is 0. The maximum Gasteiger partial charge on any atom is 0.316 e. The molecule has 0 fully saturated rings. The van der Waals surface area contributed by atoms with Crippen molar-refractivity contribution in [3.63, 3.8) is 0 Å². The van der Waals surface area contributed by atoms with Gasteiger partial charge in [0.2, 0.25) is 6.08 Å². The van der Waals surface area contributed by atoms with Crippen LogP contribution >= 0.6 is 0 Å². The minimum absolute atomic E-state index is 0.0264. The summed E-state index contributed by atoms with van der Waals surface area (Å²) in [4.78, 5) is 13.2. The van der Waals surface area contributed by atoms with Crippen molar-refractivity contribution in [1.29, 1.82) is 0 Å². The Morgan fingerprint density at radius 3 is 2.62 bits per heavy atom. The van der Waals surface area contributed by atoms with E-state index >= 15 is 0 Å². The molecule has 1 rings (SSSR count). The molecule has 0 saturated carbocycles. The Morgan fingerprint density at radius 2 is 2.12 bits per heavy atom. The van der Waals surface area contributed by atoms with E-state index in [-0.39, 0.29) is 20.5 Å². The van der Waals surface area contributed by atoms with Crippen molar-refractivity contribution in [2.24, 2.45) is 4.99 Å². The summed E-state index contributed by atoms with van der Waals surface area (Å²) in [5.74, 6) is -0.143. The molecular formula is C11H12FNO2Si. The van der Waals surface area contributed by atoms with E-state index in [4.69, 9.17) is 4.43 Å². The Bertz CT molecular complexity index is 422. The Kier molecular flexibility index (Phi) is 3.98. The maximum absolute atomic E-state index is 13.3. The summed E-state index contributed by atoms with van der Waals surface area (Å²) in [5.41, 5.74) is -0.0264. The van der Waals surface area contributed by atoms with Gasteiger partial charge in [0.25, 0.3) is 0 Å². The first-order valence-corrected chi connectivity index (χ1v) is 5.64. The second-order valence-electron chi connectivity index (χ2n) is 4.27. The molecule has 0 aromatic heterocycles. The van der Waals surface area contributed by atoms with Gasteiger partial charge in [0, 0.05) is 6.07 Å². The minimum Gasteiger partial charge on any atom is -0.540 e. The van der Waals surface area contributed by atoms with Gasteiger partial charge in [-0.05, 0) is 17.2 Å². The highest BCUT2D eigenvalue weighted by Crippen LogP contribution is 2.25. The molecule has 1 aromatic carbocycles. The monoisotopic (exact) mass is 237 g/mol. The highest BCUT2D eigenvalue weighted by atomic mass is 28.2. The Hall–Kier alpha value is -1.45. The van der Waals surface area contributed by atoms with Crippen LogP contribution in [0.5, 0.6) is 5.75 Å². The number of hydrogen-bond donors (Lipinski definition) is 0. The van der Waals surface area contributed by atoms with E-state index in [2.05, 4.69) is 4.99 Å². The zero-order chi connectivity index (χ0) is 12.2. The average molecular weight is 237 g/mol. The Labute approximate surface area is 96.3 Å². The first kappa shape index (κ1) is 12.6. The molecule has 1 aromatic rings. The third-order valence-electron chi connectivity index (χ3n) is 1.56. The van der Waals surface area contributed by atoms with Gasteiger partial charge in [-0.1, -0.05) is 20.8 Å². The lowest BCUT2D eigenvalue weighted by Crippen LogP contribution is -2.15. The standard InChI is InChI=1S/C11H12FNO2Si/c1-11(2,3)16-15-8-4-5-10(13-7-14)9(12)6-8/h4-6H,1-3H3. The number of hydrogen-bond acceptors (Lipinski definition) is 3. The Morgan fingerprint density at radius 1 is 1.44 bits per heavy atom. The van der Waals surface area contributed by atoms with Gasteiger partial charge >= 0.3 is 9.76 Å². The van der Waals surface area contributed by atoms with Crippen molar-refractivity contribution in [3.05, 3.63) is 24.0 Å². The zero-order valence-electron chi connectivity index (χ0n) is 9.37. The summed E-state index contributed by atoms with van der Waals surface area (Å²) in [6.07, 6.45) is 1.30. The molecule has 0 bridgehead atoms. The highest BCUT2D eigenvalue weighted by molar-refractivity contribution is 6.32. The molecule has 0 spiro atoms. The van der Waals surface area contributed by atoms with Gasteiger partial charge < -0.3 is 4.43 Å². The molecule has 5 heteroatoms. The molecule has 16 heavy (non-hydrogen) atoms. The van der Waals surface area contributed by atoms with E-state index in [9.17, 15) is 9.18 Å². The van der Waals surface area contributed by atoms with E-state index in [1.165, 1.54) is 18.2 Å². The normalized spacial score (nSPS) is 10.8. The molecule has 0 aliphatic carbocycles. The third kappa shape index (κ3) is 3.96. The predicted octanol–water partition coefficient (Wildman–Crippen LogP) is 3.01. The fourth-order valence-corrected chi connectivity index (χ4v) is 1.45. The average Bonchev–Trinajstić information content (AvgIpc) is 2.18. The van der Waals surface area contributed by atoms with Crippen LogP contribution in [0.3, 0.4) is 0 Å². The van der Waals surface area contributed by atoms with Crippen molar-refractivity contribution >= 4 is 21.5 Å². The molecule has 3 nitrogen and oxygen atoms in total. The lowest BCUT2D eigenvalue weighted by atomic mass is 10.3. The summed E-state index contributed by atoms with van der Waals surface area (Å²) in [5, 5.41) is 0.0378. The van der Waals surface area contributed by atoms with Gasteiger partial charge in [0.15, 0.2) is 5.82 Å². The van der Waals surface area contributed by atoms with Crippen LogP contribution in [0.25, 0.3) is 0 Å². The number of benzene rings is 1. The number of halogens is 1. The molecule has 0 N–H and O–H groups in total. The molecule has 0 aliphatic heterocycles. The van der Waals surface area contributed by atoms with Crippen molar-refractivity contribution < 1.29 is 13.6 Å². The van der Waals surface area contributed by atoms with E-state index in [0.29, 0.717) is 5.75 Å². The molecular weight excluding hydrogens is 225 g/mol. The predicted molar refractivity (Wildman–Crippen MR) is 60.3 cm³/mol. The minimum atomic E-state index is -0.584. The molecule has 2 radical (unpaired) electrons. The van der Waals surface area contributed by atoms with Crippen LogP contribution in [-0.2, 0) is 4.79 Å². The summed E-state index contributed by atoms with van der Waals surface area (Å²) in [6, 6.07) is 4.19. The topological polar surface area (TPSA) is 38.7 Å². The Balaban J connectivity index is 2.77. The van der Waals surface area contributed by atoms with Crippen molar-refractivity contribution in [2.45, 2.75) is 25.8 Å². The largest absolute Gasteiger partial charge is 0.540 e. The molecule has 0 heterocycles. The molecule has 84 valence electrons. The van der Waals surface area contributed by atoms with Crippen molar-refractivity contribution in [1.82, 2.24) is 0 Å². The van der Waals surface area contributed by atoms with Crippen LogP contribution in [0.1, 0.15) is 20.8 Å². The second-order valence-corrected chi connectivity index (χ2v) is 6.18. The van der Waals surface area contributed by atoms with Gasteiger partial charge in [0.05, 0.1) is 0 Å².